The quantitative estimate of drug-likeness (QED) is 0.213. The Morgan fingerprint density at radius 1 is 0.484 bits per heavy atom. The zero-order chi connectivity index (χ0) is 24.4. The minimum absolute atomic E-state index is 0.123. The summed E-state index contributed by atoms with van der Waals surface area (Å²) in [6.07, 6.45) is 9.08. The minimum atomic E-state index is -0.123. The van der Waals surface area contributed by atoms with Crippen LogP contribution in [0.3, 0.4) is 0 Å². The van der Waals surface area contributed by atoms with Gasteiger partial charge in [-0.2, -0.15) is 0 Å². The van der Waals surface area contributed by atoms with Gasteiger partial charge in [0, 0.05) is 36.3 Å². The first-order chi connectivity index (χ1) is 14.6. The Morgan fingerprint density at radius 2 is 0.677 bits per heavy atom. The van der Waals surface area contributed by atoms with Gasteiger partial charge in [0.25, 0.3) is 0 Å². The average molecular weight is 439 g/mol. The van der Waals surface area contributed by atoms with Crippen molar-refractivity contribution in [1.82, 2.24) is 14.7 Å². The largest absolute Gasteiger partial charge is 0.267 e. The van der Waals surface area contributed by atoms with E-state index in [1.807, 2.05) is 0 Å². The molecular weight excluding hydrogens is 378 g/mol. The van der Waals surface area contributed by atoms with Gasteiger partial charge >= 0.3 is 0 Å². The van der Waals surface area contributed by atoms with Crippen molar-refractivity contribution in [3.05, 3.63) is 6.92 Å². The molecule has 1 radical (unpaired) electrons. The molecule has 0 saturated carbocycles. The Morgan fingerprint density at radius 3 is 0.806 bits per heavy atom. The lowest BCUT2D eigenvalue weighted by molar-refractivity contribution is -0.246. The molecule has 0 fully saturated rings. The molecule has 0 rings (SSSR count). The smallest absolute Gasteiger partial charge is 0.132 e. The van der Waals surface area contributed by atoms with Crippen LogP contribution < -0.4 is 0 Å². The fourth-order valence-electron chi connectivity index (χ4n) is 5.63. The first kappa shape index (κ1) is 30.9. The molecule has 0 saturated heterocycles. The molecule has 0 N–H and O–H groups in total. The summed E-state index contributed by atoms with van der Waals surface area (Å²) >= 11 is 0. The summed E-state index contributed by atoms with van der Waals surface area (Å²) in [6, 6.07) is 3.13. The number of hydrogen-bond acceptors (Lipinski definition) is 3. The molecule has 0 aromatic heterocycles. The first-order valence-corrected chi connectivity index (χ1v) is 13.7. The second kappa shape index (κ2) is 14.9. The number of hydrogen-bond donors (Lipinski definition) is 0. The predicted molar refractivity (Wildman–Crippen MR) is 141 cm³/mol. The van der Waals surface area contributed by atoms with E-state index >= 15 is 0 Å². The van der Waals surface area contributed by atoms with Crippen LogP contribution in [0.15, 0.2) is 0 Å². The lowest BCUT2D eigenvalue weighted by atomic mass is 9.91. The molecule has 0 aliphatic rings. The van der Waals surface area contributed by atoms with E-state index in [2.05, 4.69) is 105 Å². The van der Waals surface area contributed by atoms with Crippen molar-refractivity contribution in [2.45, 2.75) is 176 Å². The van der Waals surface area contributed by atoms with E-state index in [4.69, 9.17) is 0 Å². The van der Waals surface area contributed by atoms with Gasteiger partial charge in [0.2, 0.25) is 0 Å². The molecule has 0 amide bonds. The standard InChI is InChI=1S/C28H60N3/c1-14-21-28(29(22(8)15-2)23(9)16-3,30(24(10)17-4)25(11)18-5)31(26(12)19-6)27(13)20-7/h22-27H,1,14-21H2,2-13H3. The van der Waals surface area contributed by atoms with E-state index in [0.29, 0.717) is 36.3 Å². The van der Waals surface area contributed by atoms with Gasteiger partial charge in [-0.25, -0.2) is 0 Å². The Hall–Kier alpha value is -0.120. The van der Waals surface area contributed by atoms with E-state index in [1.54, 1.807) is 0 Å². The Balaban J connectivity index is 7.43. The summed E-state index contributed by atoms with van der Waals surface area (Å²) in [5.41, 5.74) is 0. The molecule has 3 nitrogen and oxygen atoms in total. The Bertz CT molecular complexity index is 362. The summed E-state index contributed by atoms with van der Waals surface area (Å²) in [6.45, 7) is 33.4. The van der Waals surface area contributed by atoms with E-state index in [0.717, 1.165) is 12.8 Å². The molecule has 31 heavy (non-hydrogen) atoms. The Kier molecular flexibility index (Phi) is 14.9. The molecule has 187 valence electrons. The molecular formula is C28H60N3. The van der Waals surface area contributed by atoms with E-state index in [1.165, 1.54) is 38.5 Å². The second-order valence-corrected chi connectivity index (χ2v) is 10.1. The molecule has 0 aliphatic carbocycles. The highest BCUT2D eigenvalue weighted by atomic mass is 15.6. The number of rotatable bonds is 17. The lowest BCUT2D eigenvalue weighted by Crippen LogP contribution is -2.78. The van der Waals surface area contributed by atoms with Gasteiger partial charge in [-0.1, -0.05) is 48.5 Å². The molecule has 6 unspecified atom stereocenters. The van der Waals surface area contributed by atoms with E-state index < -0.39 is 0 Å². The van der Waals surface area contributed by atoms with Gasteiger partial charge in [0.15, 0.2) is 0 Å². The molecule has 6 atom stereocenters. The van der Waals surface area contributed by atoms with Crippen molar-refractivity contribution in [2.75, 3.05) is 0 Å². The van der Waals surface area contributed by atoms with Crippen LogP contribution in [0, 0.1) is 6.92 Å². The van der Waals surface area contributed by atoms with Crippen LogP contribution in [0.2, 0.25) is 0 Å². The summed E-state index contributed by atoms with van der Waals surface area (Å²) in [5, 5.41) is 0. The molecule has 0 spiro atoms. The van der Waals surface area contributed by atoms with E-state index in [-0.39, 0.29) is 5.79 Å². The zero-order valence-electron chi connectivity index (χ0n) is 23.7. The van der Waals surface area contributed by atoms with Crippen molar-refractivity contribution in [3.63, 3.8) is 0 Å². The zero-order valence-corrected chi connectivity index (χ0v) is 23.7. The van der Waals surface area contributed by atoms with Gasteiger partial charge in [0.1, 0.15) is 5.79 Å². The highest BCUT2D eigenvalue weighted by molar-refractivity contribution is 5.01. The lowest BCUT2D eigenvalue weighted by Gasteiger charge is -2.65. The van der Waals surface area contributed by atoms with Crippen LogP contribution >= 0.6 is 0 Å². The molecule has 0 aromatic carbocycles. The molecule has 0 bridgehead atoms. The highest BCUT2D eigenvalue weighted by Crippen LogP contribution is 2.42. The van der Waals surface area contributed by atoms with Crippen LogP contribution in [0.1, 0.15) is 134 Å². The van der Waals surface area contributed by atoms with Gasteiger partial charge < -0.3 is 0 Å². The molecule has 0 aliphatic heterocycles. The summed E-state index contributed by atoms with van der Waals surface area (Å²) in [7, 11) is 0. The monoisotopic (exact) mass is 438 g/mol. The molecule has 0 aromatic rings. The normalized spacial score (nSPS) is 20.5. The SMILES string of the molecule is [CH2]CCC(N(C(C)CC)C(C)CC)(N(C(C)CC)C(C)CC)N(C(C)CC)C(C)CC. The van der Waals surface area contributed by atoms with Gasteiger partial charge in [-0.05, 0) is 92.9 Å². The van der Waals surface area contributed by atoms with Crippen LogP contribution in [0.25, 0.3) is 0 Å². The van der Waals surface area contributed by atoms with Crippen molar-refractivity contribution < 1.29 is 0 Å². The highest BCUT2D eigenvalue weighted by Gasteiger charge is 2.53. The molecule has 0 heterocycles. The number of nitrogens with zero attached hydrogens (tertiary/aromatic N) is 3. The van der Waals surface area contributed by atoms with Crippen molar-refractivity contribution in [3.8, 4) is 0 Å². The van der Waals surface area contributed by atoms with Crippen LogP contribution in [0.5, 0.6) is 0 Å². The van der Waals surface area contributed by atoms with Gasteiger partial charge in [0.05, 0.1) is 0 Å². The van der Waals surface area contributed by atoms with Crippen LogP contribution in [-0.4, -0.2) is 56.7 Å². The first-order valence-electron chi connectivity index (χ1n) is 13.7. The summed E-state index contributed by atoms with van der Waals surface area (Å²) in [4.78, 5) is 8.78. The van der Waals surface area contributed by atoms with Gasteiger partial charge in [-0.3, -0.25) is 14.7 Å². The predicted octanol–water partition coefficient (Wildman–Crippen LogP) is 7.95. The van der Waals surface area contributed by atoms with Gasteiger partial charge in [-0.15, -0.1) is 0 Å². The topological polar surface area (TPSA) is 9.72 Å². The fourth-order valence-corrected chi connectivity index (χ4v) is 5.63. The fraction of sp³-hybridized carbons (Fsp3) is 0.964. The van der Waals surface area contributed by atoms with Crippen LogP contribution in [0.4, 0.5) is 0 Å². The van der Waals surface area contributed by atoms with E-state index in [9.17, 15) is 0 Å². The maximum absolute atomic E-state index is 4.45. The minimum Gasteiger partial charge on any atom is -0.267 e. The summed E-state index contributed by atoms with van der Waals surface area (Å²) < 4.78 is 0. The summed E-state index contributed by atoms with van der Waals surface area (Å²) in [5.74, 6) is -0.123. The second-order valence-electron chi connectivity index (χ2n) is 10.1. The third-order valence-corrected chi connectivity index (χ3v) is 8.15. The maximum atomic E-state index is 4.45. The van der Waals surface area contributed by atoms with Crippen LogP contribution in [-0.2, 0) is 0 Å². The van der Waals surface area contributed by atoms with Crippen molar-refractivity contribution in [2.24, 2.45) is 0 Å². The average Bonchev–Trinajstić information content (AvgIpc) is 2.78. The molecule has 3 heteroatoms. The van der Waals surface area contributed by atoms with Crippen molar-refractivity contribution >= 4 is 0 Å². The Labute approximate surface area is 198 Å². The third kappa shape index (κ3) is 6.93. The maximum Gasteiger partial charge on any atom is 0.132 e. The third-order valence-electron chi connectivity index (χ3n) is 8.15. The van der Waals surface area contributed by atoms with Crippen molar-refractivity contribution in [1.29, 1.82) is 0 Å².